The second kappa shape index (κ2) is 6.72. The van der Waals surface area contributed by atoms with Gasteiger partial charge in [0.15, 0.2) is 0 Å². The van der Waals surface area contributed by atoms with Gasteiger partial charge < -0.3 is 5.32 Å². The summed E-state index contributed by atoms with van der Waals surface area (Å²) in [6, 6.07) is 2.31. The molecule has 1 heterocycles. The fraction of sp³-hybridized carbons (Fsp3) is 0.750. The van der Waals surface area contributed by atoms with E-state index in [1.807, 2.05) is 11.3 Å². The summed E-state index contributed by atoms with van der Waals surface area (Å²) in [6.07, 6.45) is 2.49. The van der Waals surface area contributed by atoms with Gasteiger partial charge in [0.1, 0.15) is 0 Å². The lowest BCUT2D eigenvalue weighted by molar-refractivity contribution is 0.309. The minimum atomic E-state index is 0.388. The number of thiophene rings is 1. The molecule has 0 aliphatic rings. The highest BCUT2D eigenvalue weighted by Crippen LogP contribution is 2.27. The van der Waals surface area contributed by atoms with E-state index in [4.69, 9.17) is 0 Å². The zero-order valence-corrected chi connectivity index (χ0v) is 13.7. The van der Waals surface area contributed by atoms with Gasteiger partial charge in [-0.3, -0.25) is 0 Å². The average Bonchev–Trinajstić information content (AvgIpc) is 2.53. The maximum Gasteiger partial charge on any atom is 0.00774 e. The Hall–Kier alpha value is -0.340. The van der Waals surface area contributed by atoms with Crippen molar-refractivity contribution in [2.24, 2.45) is 11.3 Å². The summed E-state index contributed by atoms with van der Waals surface area (Å²) in [5.74, 6) is 0.739. The highest BCUT2D eigenvalue weighted by Gasteiger charge is 2.18. The van der Waals surface area contributed by atoms with E-state index in [1.165, 1.54) is 23.3 Å². The van der Waals surface area contributed by atoms with Crippen molar-refractivity contribution < 1.29 is 0 Å². The number of rotatable bonds is 7. The van der Waals surface area contributed by atoms with Gasteiger partial charge in [-0.05, 0) is 56.2 Å². The third-order valence-electron chi connectivity index (χ3n) is 3.33. The SMILES string of the molecule is Cc1cc(C)c(CCC(C)(C)CNCC(C)C)s1. The molecule has 1 nitrogen and oxygen atoms in total. The molecule has 1 aromatic heterocycles. The Kier molecular flexibility index (Phi) is 5.87. The Morgan fingerprint density at radius 2 is 1.94 bits per heavy atom. The van der Waals surface area contributed by atoms with Gasteiger partial charge in [0.2, 0.25) is 0 Å². The number of hydrogen-bond acceptors (Lipinski definition) is 2. The first kappa shape index (κ1) is 15.7. The minimum Gasteiger partial charge on any atom is -0.316 e. The molecule has 0 aromatic carbocycles. The van der Waals surface area contributed by atoms with Crippen LogP contribution in [0.5, 0.6) is 0 Å². The Balaban J connectivity index is 2.39. The van der Waals surface area contributed by atoms with E-state index in [0.29, 0.717) is 5.41 Å². The van der Waals surface area contributed by atoms with Crippen molar-refractivity contribution in [3.05, 3.63) is 21.4 Å². The lowest BCUT2D eigenvalue weighted by Crippen LogP contribution is -2.32. The van der Waals surface area contributed by atoms with Crippen LogP contribution in [0.3, 0.4) is 0 Å². The van der Waals surface area contributed by atoms with Crippen LogP contribution in [0.2, 0.25) is 0 Å². The van der Waals surface area contributed by atoms with E-state index in [-0.39, 0.29) is 0 Å². The van der Waals surface area contributed by atoms with Gasteiger partial charge in [-0.25, -0.2) is 0 Å². The standard InChI is InChI=1S/C16H29NS/c1-12(2)10-17-11-16(5,6)8-7-15-13(3)9-14(4)18-15/h9,12,17H,7-8,10-11H2,1-6H3. The molecular weight excluding hydrogens is 238 g/mol. The highest BCUT2D eigenvalue weighted by atomic mass is 32.1. The van der Waals surface area contributed by atoms with Crippen LogP contribution in [0, 0.1) is 25.2 Å². The van der Waals surface area contributed by atoms with Gasteiger partial charge in [-0.15, -0.1) is 11.3 Å². The molecule has 0 amide bonds. The largest absolute Gasteiger partial charge is 0.316 e. The van der Waals surface area contributed by atoms with Crippen LogP contribution >= 0.6 is 11.3 Å². The molecule has 0 bridgehead atoms. The van der Waals surface area contributed by atoms with Crippen LogP contribution in [0.4, 0.5) is 0 Å². The molecule has 0 radical (unpaired) electrons. The minimum absolute atomic E-state index is 0.388. The average molecular weight is 267 g/mol. The smallest absolute Gasteiger partial charge is 0.00774 e. The molecule has 0 aliphatic carbocycles. The predicted octanol–water partition coefficient (Wildman–Crippen LogP) is 4.57. The third kappa shape index (κ3) is 5.53. The van der Waals surface area contributed by atoms with Crippen molar-refractivity contribution in [2.75, 3.05) is 13.1 Å². The van der Waals surface area contributed by atoms with Crippen molar-refractivity contribution in [3.63, 3.8) is 0 Å². The molecule has 0 aliphatic heterocycles. The normalized spacial score (nSPS) is 12.4. The van der Waals surface area contributed by atoms with E-state index in [0.717, 1.165) is 19.0 Å². The third-order valence-corrected chi connectivity index (χ3v) is 4.54. The van der Waals surface area contributed by atoms with Gasteiger partial charge in [-0.1, -0.05) is 27.7 Å². The van der Waals surface area contributed by atoms with Crippen LogP contribution < -0.4 is 5.32 Å². The summed E-state index contributed by atoms with van der Waals surface area (Å²) in [7, 11) is 0. The maximum absolute atomic E-state index is 3.58. The molecule has 104 valence electrons. The van der Waals surface area contributed by atoms with E-state index in [9.17, 15) is 0 Å². The summed E-state index contributed by atoms with van der Waals surface area (Å²) >= 11 is 1.96. The summed E-state index contributed by atoms with van der Waals surface area (Å²) < 4.78 is 0. The monoisotopic (exact) mass is 267 g/mol. The quantitative estimate of drug-likeness (QED) is 0.763. The molecule has 0 atom stereocenters. The molecule has 1 aromatic rings. The van der Waals surface area contributed by atoms with Crippen LogP contribution in [-0.4, -0.2) is 13.1 Å². The van der Waals surface area contributed by atoms with E-state index in [2.05, 4.69) is 52.9 Å². The van der Waals surface area contributed by atoms with Crippen LogP contribution in [0.15, 0.2) is 6.07 Å². The summed E-state index contributed by atoms with van der Waals surface area (Å²) in [6.45, 7) is 16.0. The second-order valence-corrected chi connectivity index (χ2v) is 7.99. The molecule has 0 saturated carbocycles. The summed E-state index contributed by atoms with van der Waals surface area (Å²) in [4.78, 5) is 3.02. The molecule has 0 fully saturated rings. The number of nitrogens with one attached hydrogen (secondary N) is 1. The van der Waals surface area contributed by atoms with Crippen LogP contribution in [-0.2, 0) is 6.42 Å². The van der Waals surface area contributed by atoms with Gasteiger partial charge in [-0.2, -0.15) is 0 Å². The van der Waals surface area contributed by atoms with Crippen LogP contribution in [0.25, 0.3) is 0 Å². The first-order chi connectivity index (χ1) is 8.30. The number of aryl methyl sites for hydroxylation is 3. The first-order valence-corrected chi connectivity index (χ1v) is 7.88. The van der Waals surface area contributed by atoms with E-state index in [1.54, 1.807) is 4.88 Å². The zero-order chi connectivity index (χ0) is 13.8. The van der Waals surface area contributed by atoms with Crippen LogP contribution in [0.1, 0.15) is 49.4 Å². The lowest BCUT2D eigenvalue weighted by Gasteiger charge is -2.25. The Morgan fingerprint density at radius 3 is 2.44 bits per heavy atom. The second-order valence-electron chi connectivity index (χ2n) is 6.65. The molecule has 0 spiro atoms. The zero-order valence-electron chi connectivity index (χ0n) is 12.9. The molecular formula is C16H29NS. The topological polar surface area (TPSA) is 12.0 Å². The summed E-state index contributed by atoms with van der Waals surface area (Å²) in [5.41, 5.74) is 1.86. The number of hydrogen-bond donors (Lipinski definition) is 1. The van der Waals surface area contributed by atoms with Gasteiger partial charge in [0.25, 0.3) is 0 Å². The fourth-order valence-electron chi connectivity index (χ4n) is 2.18. The molecule has 1 rings (SSSR count). The first-order valence-electron chi connectivity index (χ1n) is 7.07. The van der Waals surface area contributed by atoms with Crippen molar-refractivity contribution >= 4 is 11.3 Å². The Bertz CT molecular complexity index is 363. The van der Waals surface area contributed by atoms with Crippen molar-refractivity contribution in [1.82, 2.24) is 5.32 Å². The molecule has 18 heavy (non-hydrogen) atoms. The predicted molar refractivity (Wildman–Crippen MR) is 83.6 cm³/mol. The highest BCUT2D eigenvalue weighted by molar-refractivity contribution is 7.12. The van der Waals surface area contributed by atoms with Gasteiger partial charge in [0.05, 0.1) is 0 Å². The maximum atomic E-state index is 3.58. The molecule has 2 heteroatoms. The Labute approximate surface area is 117 Å². The van der Waals surface area contributed by atoms with E-state index < -0.39 is 0 Å². The van der Waals surface area contributed by atoms with Gasteiger partial charge >= 0.3 is 0 Å². The molecule has 0 unspecified atom stereocenters. The molecule has 1 N–H and O–H groups in total. The van der Waals surface area contributed by atoms with Gasteiger partial charge in [0, 0.05) is 16.3 Å². The summed E-state index contributed by atoms with van der Waals surface area (Å²) in [5, 5.41) is 3.58. The Morgan fingerprint density at radius 1 is 1.28 bits per heavy atom. The van der Waals surface area contributed by atoms with Crippen molar-refractivity contribution in [1.29, 1.82) is 0 Å². The van der Waals surface area contributed by atoms with Crippen molar-refractivity contribution in [2.45, 2.75) is 54.4 Å². The lowest BCUT2D eigenvalue weighted by atomic mass is 9.87. The van der Waals surface area contributed by atoms with Crippen molar-refractivity contribution in [3.8, 4) is 0 Å². The fourth-order valence-corrected chi connectivity index (χ4v) is 3.23. The molecule has 0 saturated heterocycles. The van der Waals surface area contributed by atoms with E-state index >= 15 is 0 Å².